The van der Waals surface area contributed by atoms with E-state index in [-0.39, 0.29) is 49.6 Å². The predicted molar refractivity (Wildman–Crippen MR) is 252 cm³/mol. The summed E-state index contributed by atoms with van der Waals surface area (Å²) in [5.41, 5.74) is 0.448. The molecular formula is C53H82O11. The van der Waals surface area contributed by atoms with E-state index in [1.54, 1.807) is 18.2 Å². The minimum Gasteiger partial charge on any atom is -0.465 e. The molecule has 2 fully saturated rings. The number of esters is 3. The number of hydrogen-bond donors (Lipinski definition) is 3. The summed E-state index contributed by atoms with van der Waals surface area (Å²) in [4.78, 5) is 39.3. The van der Waals surface area contributed by atoms with E-state index in [1.807, 2.05) is 71.1 Å². The van der Waals surface area contributed by atoms with Crippen LogP contribution in [0.5, 0.6) is 0 Å². The average Bonchev–Trinajstić information content (AvgIpc) is 3.25. The molecule has 0 aromatic rings. The van der Waals surface area contributed by atoms with Crippen LogP contribution in [-0.2, 0) is 38.1 Å². The van der Waals surface area contributed by atoms with Crippen LogP contribution in [0.3, 0.4) is 0 Å². The van der Waals surface area contributed by atoms with E-state index in [4.69, 9.17) is 23.7 Å². The molecule has 2 saturated heterocycles. The molecule has 360 valence electrons. The second-order valence-electron chi connectivity index (χ2n) is 18.8. The molecule has 3 aliphatic rings. The highest BCUT2D eigenvalue weighted by Crippen LogP contribution is 2.42. The summed E-state index contributed by atoms with van der Waals surface area (Å²) >= 11 is 0. The lowest BCUT2D eigenvalue weighted by molar-refractivity contribution is -0.204. The van der Waals surface area contributed by atoms with Crippen molar-refractivity contribution in [1.82, 2.24) is 0 Å². The molecule has 11 heteroatoms. The van der Waals surface area contributed by atoms with E-state index >= 15 is 0 Å². The monoisotopic (exact) mass is 895 g/mol. The van der Waals surface area contributed by atoms with Gasteiger partial charge in [0.25, 0.3) is 0 Å². The standard InChI is InChI=1S/C53H82O11/c1-8-9-10-11-12-13-14-15-21-30-50(57)61-37-53(7)48(29-24-23-28-44(54)52(59)60-36-40(5)45(55)32-38(2)3)63-43-27-19-16-18-25-39(4)33-47-41(6)46(56)34-42(62-47)26-20-17-22-31-51(58)64-49(53)35-43/h17-20,22-25,27,31,33,38,41-49,54-56H,5,8-16,21,26,28-30,32,34-37H2,1-4,6-7H3/b20-17+,24-23-,25-18+,27-19+,31-22+,39-33-. The van der Waals surface area contributed by atoms with Gasteiger partial charge in [-0.2, -0.15) is 0 Å². The van der Waals surface area contributed by atoms with Gasteiger partial charge in [-0.05, 0) is 50.5 Å². The molecule has 0 aromatic heterocycles. The van der Waals surface area contributed by atoms with E-state index in [0.29, 0.717) is 50.5 Å². The van der Waals surface area contributed by atoms with Gasteiger partial charge in [0.15, 0.2) is 6.10 Å². The van der Waals surface area contributed by atoms with Crippen molar-refractivity contribution in [1.29, 1.82) is 0 Å². The number of fused-ring (bicyclic) bond motifs is 4. The van der Waals surface area contributed by atoms with Crippen molar-refractivity contribution < 1.29 is 53.4 Å². The fourth-order valence-electron chi connectivity index (χ4n) is 8.27. The molecule has 10 unspecified atom stereocenters. The van der Waals surface area contributed by atoms with Crippen molar-refractivity contribution in [3.8, 4) is 0 Å². The van der Waals surface area contributed by atoms with E-state index in [1.165, 1.54) is 44.6 Å². The third-order valence-electron chi connectivity index (χ3n) is 12.5. The smallest absolute Gasteiger partial charge is 0.335 e. The fraction of sp³-hybridized carbons (Fsp3) is 0.679. The summed E-state index contributed by atoms with van der Waals surface area (Å²) in [7, 11) is 0. The Morgan fingerprint density at radius 2 is 1.66 bits per heavy atom. The Morgan fingerprint density at radius 1 is 0.938 bits per heavy atom. The zero-order valence-electron chi connectivity index (χ0n) is 39.9. The molecule has 3 N–H and O–H groups in total. The number of hydrogen-bond acceptors (Lipinski definition) is 11. The van der Waals surface area contributed by atoms with Gasteiger partial charge in [0, 0.05) is 37.7 Å². The van der Waals surface area contributed by atoms with Gasteiger partial charge in [-0.15, -0.1) is 0 Å². The largest absolute Gasteiger partial charge is 0.465 e. The number of aliphatic hydroxyl groups excluding tert-OH is 3. The van der Waals surface area contributed by atoms with Gasteiger partial charge in [-0.3, -0.25) is 4.79 Å². The van der Waals surface area contributed by atoms with Gasteiger partial charge in [0.05, 0.1) is 42.0 Å². The minimum atomic E-state index is -1.43. The fourth-order valence-corrected chi connectivity index (χ4v) is 8.27. The van der Waals surface area contributed by atoms with Crippen molar-refractivity contribution >= 4 is 17.9 Å². The van der Waals surface area contributed by atoms with Crippen LogP contribution in [0.1, 0.15) is 151 Å². The van der Waals surface area contributed by atoms with Crippen LogP contribution in [0.15, 0.2) is 84.6 Å². The van der Waals surface area contributed by atoms with Crippen molar-refractivity contribution in [2.24, 2.45) is 17.3 Å². The highest BCUT2D eigenvalue weighted by molar-refractivity contribution is 5.82. The maximum Gasteiger partial charge on any atom is 0.335 e. The molecular weight excluding hydrogens is 813 g/mol. The number of carbonyl (C=O) groups is 3. The molecule has 0 amide bonds. The Bertz CT molecular complexity index is 1610. The molecule has 64 heavy (non-hydrogen) atoms. The van der Waals surface area contributed by atoms with Crippen LogP contribution >= 0.6 is 0 Å². The SMILES string of the molecule is C=C(COC(=O)C(O)C/C=C\CC1OC2/C=C/C/C=C/C(C)=C\C3OC(C/C=C/C=C/C(=O)OC(C2)C1(C)COC(=O)CCCCCCCCCCC)CC(O)C3C)C(O)CC(C)C. The number of unbranched alkanes of at least 4 members (excludes halogenated alkanes) is 8. The maximum absolute atomic E-state index is 13.5. The molecule has 0 radical (unpaired) electrons. The Morgan fingerprint density at radius 3 is 2.38 bits per heavy atom. The van der Waals surface area contributed by atoms with Gasteiger partial charge < -0.3 is 39.0 Å². The topological polar surface area (TPSA) is 158 Å². The van der Waals surface area contributed by atoms with Crippen LogP contribution in [-0.4, -0.2) is 95.3 Å². The first-order valence-electron chi connectivity index (χ1n) is 24.2. The molecule has 3 aliphatic heterocycles. The zero-order valence-corrected chi connectivity index (χ0v) is 39.9. The maximum atomic E-state index is 13.5. The van der Waals surface area contributed by atoms with Crippen molar-refractivity contribution in [3.63, 3.8) is 0 Å². The third-order valence-corrected chi connectivity index (χ3v) is 12.5. The molecule has 3 rings (SSSR count). The molecule has 0 spiro atoms. The van der Waals surface area contributed by atoms with E-state index in [2.05, 4.69) is 19.6 Å². The summed E-state index contributed by atoms with van der Waals surface area (Å²) in [5, 5.41) is 31.7. The number of aliphatic hydroxyl groups is 3. The van der Waals surface area contributed by atoms with E-state index in [0.717, 1.165) is 24.8 Å². The van der Waals surface area contributed by atoms with Gasteiger partial charge >= 0.3 is 17.9 Å². The summed E-state index contributed by atoms with van der Waals surface area (Å²) in [6, 6.07) is 0. The van der Waals surface area contributed by atoms with Crippen LogP contribution < -0.4 is 0 Å². The van der Waals surface area contributed by atoms with Crippen LogP contribution in [0.4, 0.5) is 0 Å². The Balaban J connectivity index is 1.79. The average molecular weight is 895 g/mol. The first-order chi connectivity index (χ1) is 30.6. The van der Waals surface area contributed by atoms with Gasteiger partial charge in [-0.25, -0.2) is 9.59 Å². The number of rotatable bonds is 22. The predicted octanol–water partition coefficient (Wildman–Crippen LogP) is 9.85. The highest BCUT2D eigenvalue weighted by Gasteiger charge is 2.50. The summed E-state index contributed by atoms with van der Waals surface area (Å²) in [5.74, 6) is -1.48. The van der Waals surface area contributed by atoms with Crippen LogP contribution in [0.25, 0.3) is 0 Å². The summed E-state index contributed by atoms with van der Waals surface area (Å²) in [6.07, 6.45) is 28.8. The van der Waals surface area contributed by atoms with Crippen LogP contribution in [0, 0.1) is 17.3 Å². The van der Waals surface area contributed by atoms with Gasteiger partial charge in [-0.1, -0.05) is 159 Å². The van der Waals surface area contributed by atoms with E-state index < -0.39 is 54.0 Å². The first kappa shape index (κ1) is 54.7. The molecule has 0 aliphatic carbocycles. The molecule has 3 heterocycles. The van der Waals surface area contributed by atoms with Crippen molar-refractivity contribution in [2.45, 2.75) is 200 Å². The second-order valence-corrected chi connectivity index (χ2v) is 18.8. The lowest BCUT2D eigenvalue weighted by Gasteiger charge is -2.47. The van der Waals surface area contributed by atoms with Crippen molar-refractivity contribution in [3.05, 3.63) is 84.6 Å². The Hall–Kier alpha value is -3.61. The zero-order chi connectivity index (χ0) is 46.9. The van der Waals surface area contributed by atoms with Crippen LogP contribution in [0.2, 0.25) is 0 Å². The normalized spacial score (nSPS) is 30.6. The quantitative estimate of drug-likeness (QED) is 0.0411. The van der Waals surface area contributed by atoms with Crippen molar-refractivity contribution in [2.75, 3.05) is 13.2 Å². The first-order valence-corrected chi connectivity index (χ1v) is 24.2. The Kier molecular flexibility index (Phi) is 25.5. The summed E-state index contributed by atoms with van der Waals surface area (Å²) in [6.45, 7) is 15.7. The molecule has 0 aromatic carbocycles. The lowest BCUT2D eigenvalue weighted by Crippen LogP contribution is -2.55. The van der Waals surface area contributed by atoms with E-state index in [9.17, 15) is 29.7 Å². The molecule has 0 saturated carbocycles. The van der Waals surface area contributed by atoms with Gasteiger partial charge in [0.1, 0.15) is 19.3 Å². The van der Waals surface area contributed by atoms with Gasteiger partial charge in [0.2, 0.25) is 0 Å². The lowest BCUT2D eigenvalue weighted by atomic mass is 9.73. The number of carbonyl (C=O) groups excluding carboxylic acids is 3. The molecule has 10 atom stereocenters. The third kappa shape index (κ3) is 20.3. The molecule has 4 bridgehead atoms. The molecule has 11 nitrogen and oxygen atoms in total. The Labute approximate surface area is 384 Å². The number of ether oxygens (including phenoxy) is 5. The summed E-state index contributed by atoms with van der Waals surface area (Å²) < 4.78 is 30.5. The number of allylic oxidation sites excluding steroid dienone is 6. The minimum absolute atomic E-state index is 0.0234. The highest BCUT2D eigenvalue weighted by atomic mass is 16.6. The second kappa shape index (κ2) is 29.8.